The highest BCUT2D eigenvalue weighted by Crippen LogP contribution is 2.27. The third-order valence-electron chi connectivity index (χ3n) is 4.58. The standard InChI is InChI=1S/C16H23ClN2/c17-14-5-3-13(4-6-14)12-16-2-1-11-19(16)15-7-9-18-10-8-15/h3-6,15-16,18H,1-2,7-12H2. The van der Waals surface area contributed by atoms with E-state index in [0.717, 1.165) is 17.1 Å². The third kappa shape index (κ3) is 3.31. The van der Waals surface area contributed by atoms with Crippen LogP contribution in [0.2, 0.25) is 5.02 Å². The molecule has 2 saturated heterocycles. The molecule has 1 N–H and O–H groups in total. The number of piperidine rings is 1. The van der Waals surface area contributed by atoms with Crippen molar-refractivity contribution in [3.63, 3.8) is 0 Å². The predicted molar refractivity (Wildman–Crippen MR) is 80.8 cm³/mol. The minimum absolute atomic E-state index is 0.740. The molecule has 104 valence electrons. The van der Waals surface area contributed by atoms with Crippen LogP contribution in [0.15, 0.2) is 24.3 Å². The molecule has 0 amide bonds. The molecule has 1 aromatic rings. The minimum atomic E-state index is 0.740. The number of nitrogens with zero attached hydrogens (tertiary/aromatic N) is 1. The lowest BCUT2D eigenvalue weighted by molar-refractivity contribution is 0.147. The Kier molecular flexibility index (Phi) is 4.42. The van der Waals surface area contributed by atoms with E-state index in [1.165, 1.54) is 57.3 Å². The van der Waals surface area contributed by atoms with Crippen LogP contribution in [0.25, 0.3) is 0 Å². The first-order valence-electron chi connectivity index (χ1n) is 7.54. The van der Waals surface area contributed by atoms with Gasteiger partial charge in [-0.15, -0.1) is 0 Å². The quantitative estimate of drug-likeness (QED) is 0.914. The molecular weight excluding hydrogens is 256 g/mol. The van der Waals surface area contributed by atoms with Crippen LogP contribution in [0.4, 0.5) is 0 Å². The van der Waals surface area contributed by atoms with Gasteiger partial charge in [-0.05, 0) is 69.4 Å². The van der Waals surface area contributed by atoms with Crippen LogP contribution < -0.4 is 5.32 Å². The van der Waals surface area contributed by atoms with E-state index < -0.39 is 0 Å². The molecule has 2 fully saturated rings. The van der Waals surface area contributed by atoms with Gasteiger partial charge >= 0.3 is 0 Å². The minimum Gasteiger partial charge on any atom is -0.317 e. The van der Waals surface area contributed by atoms with Crippen LogP contribution in [-0.2, 0) is 6.42 Å². The number of hydrogen-bond acceptors (Lipinski definition) is 2. The summed E-state index contributed by atoms with van der Waals surface area (Å²) in [5.74, 6) is 0. The summed E-state index contributed by atoms with van der Waals surface area (Å²) in [4.78, 5) is 2.77. The fraction of sp³-hybridized carbons (Fsp3) is 0.625. The van der Waals surface area contributed by atoms with Crippen molar-refractivity contribution < 1.29 is 0 Å². The average Bonchev–Trinajstić information content (AvgIpc) is 2.90. The average molecular weight is 279 g/mol. The first-order valence-corrected chi connectivity index (χ1v) is 7.91. The topological polar surface area (TPSA) is 15.3 Å². The molecule has 2 nitrogen and oxygen atoms in total. The van der Waals surface area contributed by atoms with Crippen LogP contribution in [0, 0.1) is 0 Å². The van der Waals surface area contributed by atoms with E-state index >= 15 is 0 Å². The Labute approximate surface area is 121 Å². The number of likely N-dealkylation sites (tertiary alicyclic amines) is 1. The van der Waals surface area contributed by atoms with Crippen LogP contribution in [-0.4, -0.2) is 36.6 Å². The second-order valence-corrected chi connectivity index (χ2v) is 6.28. The summed E-state index contributed by atoms with van der Waals surface area (Å²) in [6.45, 7) is 3.67. The van der Waals surface area contributed by atoms with Gasteiger partial charge in [0.15, 0.2) is 0 Å². The number of hydrogen-bond donors (Lipinski definition) is 1. The van der Waals surface area contributed by atoms with Crippen LogP contribution in [0.1, 0.15) is 31.2 Å². The van der Waals surface area contributed by atoms with Gasteiger partial charge in [0, 0.05) is 17.1 Å². The lowest BCUT2D eigenvalue weighted by Crippen LogP contribution is -2.45. The Hall–Kier alpha value is -0.570. The molecule has 0 bridgehead atoms. The van der Waals surface area contributed by atoms with Crippen molar-refractivity contribution in [2.75, 3.05) is 19.6 Å². The lowest BCUT2D eigenvalue weighted by Gasteiger charge is -2.36. The summed E-state index contributed by atoms with van der Waals surface area (Å²) in [7, 11) is 0. The van der Waals surface area contributed by atoms with Crippen LogP contribution in [0.3, 0.4) is 0 Å². The van der Waals surface area contributed by atoms with Gasteiger partial charge in [-0.1, -0.05) is 23.7 Å². The smallest absolute Gasteiger partial charge is 0.0406 e. The monoisotopic (exact) mass is 278 g/mol. The van der Waals surface area contributed by atoms with Gasteiger partial charge in [0.25, 0.3) is 0 Å². The molecular formula is C16H23ClN2. The molecule has 0 spiro atoms. The van der Waals surface area contributed by atoms with E-state index in [2.05, 4.69) is 22.3 Å². The van der Waals surface area contributed by atoms with Crippen molar-refractivity contribution in [1.29, 1.82) is 0 Å². The zero-order valence-corrected chi connectivity index (χ0v) is 12.2. The maximum Gasteiger partial charge on any atom is 0.0406 e. The fourth-order valence-corrected chi connectivity index (χ4v) is 3.71. The predicted octanol–water partition coefficient (Wildman–Crippen LogP) is 3.10. The van der Waals surface area contributed by atoms with E-state index in [9.17, 15) is 0 Å². The summed E-state index contributed by atoms with van der Waals surface area (Å²) >= 11 is 5.96. The summed E-state index contributed by atoms with van der Waals surface area (Å²) in [5.41, 5.74) is 1.43. The SMILES string of the molecule is Clc1ccc(CC2CCCN2C2CCNCC2)cc1. The first kappa shape index (κ1) is 13.4. The van der Waals surface area contributed by atoms with E-state index in [1.807, 2.05) is 12.1 Å². The van der Waals surface area contributed by atoms with Crippen LogP contribution in [0.5, 0.6) is 0 Å². The van der Waals surface area contributed by atoms with Crippen molar-refractivity contribution in [3.8, 4) is 0 Å². The molecule has 1 unspecified atom stereocenters. The zero-order valence-electron chi connectivity index (χ0n) is 11.4. The lowest BCUT2D eigenvalue weighted by atomic mass is 10.00. The van der Waals surface area contributed by atoms with E-state index in [4.69, 9.17) is 11.6 Å². The molecule has 1 atom stereocenters. The molecule has 0 saturated carbocycles. The normalized spacial score (nSPS) is 25.8. The molecule has 3 rings (SSSR count). The Morgan fingerprint density at radius 3 is 2.58 bits per heavy atom. The van der Waals surface area contributed by atoms with Gasteiger partial charge in [-0.2, -0.15) is 0 Å². The second kappa shape index (κ2) is 6.25. The second-order valence-electron chi connectivity index (χ2n) is 5.85. The summed E-state index contributed by atoms with van der Waals surface area (Å²) in [6, 6.07) is 9.94. The molecule has 0 radical (unpaired) electrons. The van der Waals surface area contributed by atoms with Gasteiger partial charge < -0.3 is 5.32 Å². The maximum atomic E-state index is 5.96. The highest BCUT2D eigenvalue weighted by atomic mass is 35.5. The zero-order chi connectivity index (χ0) is 13.1. The van der Waals surface area contributed by atoms with E-state index in [-0.39, 0.29) is 0 Å². The molecule has 0 aromatic heterocycles. The Balaban J connectivity index is 1.64. The number of nitrogens with one attached hydrogen (secondary N) is 1. The highest BCUT2D eigenvalue weighted by Gasteiger charge is 2.31. The molecule has 2 aliphatic heterocycles. The van der Waals surface area contributed by atoms with Gasteiger partial charge in [-0.25, -0.2) is 0 Å². The summed E-state index contributed by atoms with van der Waals surface area (Å²) < 4.78 is 0. The van der Waals surface area contributed by atoms with Crippen molar-refractivity contribution in [1.82, 2.24) is 10.2 Å². The van der Waals surface area contributed by atoms with E-state index in [0.29, 0.717) is 0 Å². The van der Waals surface area contributed by atoms with Crippen molar-refractivity contribution in [2.45, 2.75) is 44.2 Å². The Morgan fingerprint density at radius 2 is 1.84 bits per heavy atom. The van der Waals surface area contributed by atoms with Gasteiger partial charge in [0.2, 0.25) is 0 Å². The molecule has 19 heavy (non-hydrogen) atoms. The van der Waals surface area contributed by atoms with Crippen molar-refractivity contribution in [2.24, 2.45) is 0 Å². The highest BCUT2D eigenvalue weighted by molar-refractivity contribution is 6.30. The Morgan fingerprint density at radius 1 is 1.11 bits per heavy atom. The van der Waals surface area contributed by atoms with Crippen molar-refractivity contribution >= 4 is 11.6 Å². The maximum absolute atomic E-state index is 5.96. The van der Waals surface area contributed by atoms with Gasteiger partial charge in [0.05, 0.1) is 0 Å². The molecule has 2 aliphatic rings. The number of benzene rings is 1. The number of rotatable bonds is 3. The molecule has 3 heteroatoms. The summed E-state index contributed by atoms with van der Waals surface area (Å²) in [5, 5.41) is 4.31. The fourth-order valence-electron chi connectivity index (χ4n) is 3.59. The third-order valence-corrected chi connectivity index (χ3v) is 4.84. The van der Waals surface area contributed by atoms with Gasteiger partial charge in [-0.3, -0.25) is 4.90 Å². The largest absolute Gasteiger partial charge is 0.317 e. The van der Waals surface area contributed by atoms with Crippen LogP contribution >= 0.6 is 11.6 Å². The molecule has 1 aromatic carbocycles. The first-order chi connectivity index (χ1) is 9.33. The van der Waals surface area contributed by atoms with E-state index in [1.54, 1.807) is 0 Å². The van der Waals surface area contributed by atoms with Crippen molar-refractivity contribution in [3.05, 3.63) is 34.9 Å². The summed E-state index contributed by atoms with van der Waals surface area (Å²) in [6.07, 6.45) is 6.53. The number of halogens is 1. The van der Waals surface area contributed by atoms with Gasteiger partial charge in [0.1, 0.15) is 0 Å². The molecule has 2 heterocycles. The Bertz CT molecular complexity index is 398. The molecule has 0 aliphatic carbocycles.